The number of fused-ring (bicyclic) bond motifs is 2. The first kappa shape index (κ1) is 43.5. The number of benzene rings is 1. The normalized spacial score (nSPS) is 23.1. The molecule has 2 atom stereocenters. The summed E-state index contributed by atoms with van der Waals surface area (Å²) >= 11 is 0. The van der Waals surface area contributed by atoms with Gasteiger partial charge in [0.1, 0.15) is 17.6 Å². The predicted octanol–water partition coefficient (Wildman–Crippen LogP) is 5.18. The number of amides is 3. The third kappa shape index (κ3) is 8.59. The Morgan fingerprint density at radius 3 is 2.50 bits per heavy atom. The fourth-order valence-corrected chi connectivity index (χ4v) is 10.6. The molecule has 4 aliphatic rings. The molecule has 3 N–H and O–H groups in total. The van der Waals surface area contributed by atoms with E-state index in [2.05, 4.69) is 46.2 Å². The smallest absolute Gasteiger partial charge is 0.274 e. The van der Waals surface area contributed by atoms with Crippen molar-refractivity contribution in [3.05, 3.63) is 82.8 Å². The average Bonchev–Trinajstić information content (AvgIpc) is 3.91. The Morgan fingerprint density at radius 2 is 1.78 bits per heavy atom. The minimum atomic E-state index is -1.26. The molecule has 17 heteroatoms. The summed E-state index contributed by atoms with van der Waals surface area (Å²) in [6, 6.07) is 13.8. The second-order valence-electron chi connectivity index (χ2n) is 18.5. The lowest BCUT2D eigenvalue weighted by Gasteiger charge is -2.50. The molecular formula is C47H56FN11O5. The molecule has 9 rings (SSSR count). The molecule has 16 nitrogen and oxygen atoms in total. The summed E-state index contributed by atoms with van der Waals surface area (Å²) in [6.07, 6.45) is 9.87. The van der Waals surface area contributed by atoms with Crippen molar-refractivity contribution in [3.8, 4) is 6.07 Å². The number of halogens is 1. The number of piperidine rings is 2. The quantitative estimate of drug-likeness (QED) is 0.156. The van der Waals surface area contributed by atoms with Crippen molar-refractivity contribution in [2.45, 2.75) is 108 Å². The van der Waals surface area contributed by atoms with Crippen LogP contribution in [0.5, 0.6) is 0 Å². The van der Waals surface area contributed by atoms with Crippen molar-refractivity contribution < 1.29 is 28.6 Å². The number of piperazine rings is 1. The maximum absolute atomic E-state index is 15.5. The zero-order valence-corrected chi connectivity index (χ0v) is 36.9. The molecule has 4 fully saturated rings. The largest absolute Gasteiger partial charge is 0.386 e. The lowest BCUT2D eigenvalue weighted by molar-refractivity contribution is -0.134. The molecule has 3 aliphatic heterocycles. The van der Waals surface area contributed by atoms with Crippen LogP contribution in [0.15, 0.2) is 48.8 Å². The zero-order valence-electron chi connectivity index (χ0n) is 36.9. The molecule has 0 radical (unpaired) electrons. The van der Waals surface area contributed by atoms with Crippen molar-refractivity contribution in [2.24, 2.45) is 0 Å². The zero-order chi connectivity index (χ0) is 44.9. The first-order chi connectivity index (χ1) is 30.8. The van der Waals surface area contributed by atoms with Gasteiger partial charge in [0.2, 0.25) is 11.8 Å². The Labute approximate surface area is 371 Å². The summed E-state index contributed by atoms with van der Waals surface area (Å²) in [5, 5.41) is 35.9. The van der Waals surface area contributed by atoms with Gasteiger partial charge in [-0.3, -0.25) is 39.2 Å². The van der Waals surface area contributed by atoms with E-state index in [0.29, 0.717) is 52.4 Å². The van der Waals surface area contributed by atoms with Gasteiger partial charge in [0.05, 0.1) is 64.0 Å². The Balaban J connectivity index is 0.812. The van der Waals surface area contributed by atoms with Gasteiger partial charge in [-0.05, 0) is 96.0 Å². The Hall–Kier alpha value is -5.80. The molecular weight excluding hydrogens is 818 g/mol. The highest BCUT2D eigenvalue weighted by atomic mass is 19.1. The van der Waals surface area contributed by atoms with Crippen molar-refractivity contribution >= 4 is 45.5 Å². The van der Waals surface area contributed by atoms with Crippen LogP contribution in [-0.4, -0.2) is 122 Å². The van der Waals surface area contributed by atoms with Crippen LogP contribution in [0.1, 0.15) is 110 Å². The molecule has 0 bridgehead atoms. The monoisotopic (exact) mass is 873 g/mol. The van der Waals surface area contributed by atoms with Crippen LogP contribution in [0.2, 0.25) is 0 Å². The first-order valence-electron chi connectivity index (χ1n) is 22.5. The topological polar surface area (TPSA) is 186 Å². The molecule has 3 saturated heterocycles. The number of aromatic nitrogens is 5. The fraction of sp³-hybridized carbons (Fsp3) is 0.511. The van der Waals surface area contributed by atoms with Gasteiger partial charge in [0, 0.05) is 93.3 Å². The lowest BCUT2D eigenvalue weighted by Crippen LogP contribution is -2.61. The average molecular weight is 874 g/mol. The van der Waals surface area contributed by atoms with Gasteiger partial charge >= 0.3 is 0 Å². The molecule has 7 heterocycles. The number of imide groups is 1. The number of aliphatic hydroxyl groups is 1. The minimum Gasteiger partial charge on any atom is -0.386 e. The SMILES string of the molecule is COC[C@H]1CN(C2CCC(n3cc4cc(NC(=O)c5ccc6cc(C#N)cnn56)c(C(C)(C)O)cc4n3)CC2)CCN1C1CCN(c2cc(F)c(C3CCC(=O)NC3=O)nc2C)CC1. The van der Waals surface area contributed by atoms with E-state index >= 15 is 4.39 Å². The van der Waals surface area contributed by atoms with Crippen LogP contribution in [0.3, 0.4) is 0 Å². The second-order valence-corrected chi connectivity index (χ2v) is 18.5. The molecule has 0 spiro atoms. The van der Waals surface area contributed by atoms with E-state index in [-0.39, 0.29) is 42.4 Å². The van der Waals surface area contributed by atoms with Gasteiger partial charge in [-0.2, -0.15) is 15.5 Å². The molecule has 1 aromatic carbocycles. The van der Waals surface area contributed by atoms with Crippen LogP contribution in [-0.2, 0) is 19.9 Å². The number of nitriles is 1. The second kappa shape index (κ2) is 17.6. The molecule has 3 amide bonds. The van der Waals surface area contributed by atoms with Crippen molar-refractivity contribution in [2.75, 3.05) is 56.7 Å². The maximum atomic E-state index is 15.5. The van der Waals surface area contributed by atoms with Crippen LogP contribution in [0, 0.1) is 24.1 Å². The van der Waals surface area contributed by atoms with E-state index in [0.717, 1.165) is 87.8 Å². The lowest BCUT2D eigenvalue weighted by atomic mass is 9.89. The van der Waals surface area contributed by atoms with Gasteiger partial charge in [-0.15, -0.1) is 0 Å². The number of nitrogens with one attached hydrogen (secondary N) is 2. The number of ether oxygens (including phenoxy) is 1. The van der Waals surface area contributed by atoms with E-state index in [1.54, 1.807) is 39.2 Å². The van der Waals surface area contributed by atoms with E-state index in [9.17, 15) is 24.8 Å². The Kier molecular flexibility index (Phi) is 12.0. The van der Waals surface area contributed by atoms with E-state index in [1.807, 2.05) is 25.3 Å². The highest BCUT2D eigenvalue weighted by Crippen LogP contribution is 2.37. The minimum absolute atomic E-state index is 0.115. The summed E-state index contributed by atoms with van der Waals surface area (Å²) in [6.45, 7) is 10.3. The summed E-state index contributed by atoms with van der Waals surface area (Å²) in [5.41, 5.74) is 3.46. The van der Waals surface area contributed by atoms with Crippen molar-refractivity contribution in [3.63, 3.8) is 0 Å². The molecule has 64 heavy (non-hydrogen) atoms. The summed E-state index contributed by atoms with van der Waals surface area (Å²) in [4.78, 5) is 49.8. The number of carbonyl (C=O) groups excluding carboxylic acids is 3. The number of carbonyl (C=O) groups is 3. The highest BCUT2D eigenvalue weighted by Gasteiger charge is 2.38. The number of rotatable bonds is 10. The summed E-state index contributed by atoms with van der Waals surface area (Å²) in [5.74, 6) is -2.46. The molecule has 1 saturated carbocycles. The predicted molar refractivity (Wildman–Crippen MR) is 237 cm³/mol. The number of hydrogen-bond acceptors (Lipinski definition) is 12. The van der Waals surface area contributed by atoms with Gasteiger partial charge in [0.15, 0.2) is 0 Å². The van der Waals surface area contributed by atoms with Crippen LogP contribution >= 0.6 is 0 Å². The van der Waals surface area contributed by atoms with Gasteiger partial charge in [-0.1, -0.05) is 0 Å². The van der Waals surface area contributed by atoms with Crippen LogP contribution < -0.4 is 15.5 Å². The highest BCUT2D eigenvalue weighted by molar-refractivity contribution is 6.05. The number of anilines is 2. The summed E-state index contributed by atoms with van der Waals surface area (Å²) in [7, 11) is 1.78. The molecule has 4 aromatic heterocycles. The molecule has 1 unspecified atom stereocenters. The third-order valence-corrected chi connectivity index (χ3v) is 13.9. The van der Waals surface area contributed by atoms with E-state index < -0.39 is 23.2 Å². The standard InChI is InChI=1S/C47H56FN11O5/c1-28-42(22-38(48)44(51-28)36-10-12-43(60)53-45(36)61)55-15-13-32(14-16-55)57-18-17-56(26-35(57)27-64-4)31-5-7-33(8-6-31)58-25-30-20-40(37(47(2,3)63)21-39(30)54-58)52-46(62)41-11-9-34-19-29(23-49)24-50-59(34)41/h9,11,19-22,24-25,31-33,35-36,63H,5-8,10,12-18,26-27H2,1-4H3,(H,52,62)(H,53,60,61)/t31?,33?,35-,36?/m1/s1. The number of pyridine rings is 1. The first-order valence-corrected chi connectivity index (χ1v) is 22.5. The van der Waals surface area contributed by atoms with Crippen LogP contribution in [0.25, 0.3) is 16.4 Å². The molecule has 336 valence electrons. The molecule has 5 aromatic rings. The molecule has 1 aliphatic carbocycles. The van der Waals surface area contributed by atoms with E-state index in [1.165, 1.54) is 16.8 Å². The summed E-state index contributed by atoms with van der Waals surface area (Å²) < 4.78 is 24.8. The number of nitrogens with zero attached hydrogens (tertiary/aromatic N) is 9. The number of aryl methyl sites for hydroxylation is 1. The van der Waals surface area contributed by atoms with E-state index in [4.69, 9.17) is 9.84 Å². The maximum Gasteiger partial charge on any atom is 0.274 e. The van der Waals surface area contributed by atoms with Gasteiger partial charge in [0.25, 0.3) is 5.91 Å². The Bertz CT molecular complexity index is 2630. The van der Waals surface area contributed by atoms with Crippen molar-refractivity contribution in [1.82, 2.24) is 39.5 Å². The third-order valence-electron chi connectivity index (χ3n) is 13.9. The number of hydrogen-bond donors (Lipinski definition) is 3. The van der Waals surface area contributed by atoms with Gasteiger partial charge < -0.3 is 20.1 Å². The fourth-order valence-electron chi connectivity index (χ4n) is 10.6. The Morgan fingerprint density at radius 1 is 1.02 bits per heavy atom. The van der Waals surface area contributed by atoms with Gasteiger partial charge in [-0.25, -0.2) is 8.91 Å². The van der Waals surface area contributed by atoms with Crippen LogP contribution in [0.4, 0.5) is 15.8 Å². The number of methoxy groups -OCH3 is 1. The van der Waals surface area contributed by atoms with Crippen molar-refractivity contribution in [1.29, 1.82) is 5.26 Å².